The van der Waals surface area contributed by atoms with Gasteiger partial charge in [-0.25, -0.2) is 0 Å². The maximum atomic E-state index is 13.0. The summed E-state index contributed by atoms with van der Waals surface area (Å²) in [6.45, 7) is 3.87. The molecule has 0 saturated heterocycles. The molecule has 0 aliphatic carbocycles. The van der Waals surface area contributed by atoms with Crippen LogP contribution in [0.5, 0.6) is 5.75 Å². The number of allylic oxidation sites excluding steroid dienone is 1. The third-order valence-electron chi connectivity index (χ3n) is 5.52. The van der Waals surface area contributed by atoms with Crippen LogP contribution in [0.3, 0.4) is 0 Å². The fourth-order valence-corrected chi connectivity index (χ4v) is 5.24. The molecule has 0 fully saturated rings. The second-order valence-corrected chi connectivity index (χ2v) is 9.71. The number of carbonyl (C=O) groups excluding carboxylic acids is 3. The predicted octanol–water partition coefficient (Wildman–Crippen LogP) is 4.18. The predicted molar refractivity (Wildman–Crippen MR) is 137 cm³/mol. The molecule has 0 aromatic heterocycles. The molecule has 1 aliphatic rings. The zero-order valence-corrected chi connectivity index (χ0v) is 22.0. The molecule has 182 valence electrons. The Bertz CT molecular complexity index is 1250. The van der Waals surface area contributed by atoms with Gasteiger partial charge in [0.05, 0.1) is 41.1 Å². The van der Waals surface area contributed by atoms with Crippen molar-refractivity contribution in [1.82, 2.24) is 5.32 Å². The number of hydrogen-bond donors (Lipinski definition) is 2. The van der Waals surface area contributed by atoms with Crippen LogP contribution in [0.2, 0.25) is 0 Å². The summed E-state index contributed by atoms with van der Waals surface area (Å²) in [6, 6.07) is 12.9. The van der Waals surface area contributed by atoms with Crippen LogP contribution in [0.4, 0.5) is 5.69 Å². The Kier molecular flexibility index (Phi) is 8.59. The van der Waals surface area contributed by atoms with Crippen molar-refractivity contribution in [3.63, 3.8) is 0 Å². The number of aryl methyl sites for hydroxylation is 2. The smallest absolute Gasteiger partial charge is 0.319 e. The van der Waals surface area contributed by atoms with Gasteiger partial charge < -0.3 is 20.1 Å². The Morgan fingerprint density at radius 1 is 1.20 bits per heavy atom. The average Bonchev–Trinajstić information content (AvgIpc) is 2.83. The van der Waals surface area contributed by atoms with Crippen molar-refractivity contribution in [3.05, 3.63) is 68.2 Å². The summed E-state index contributed by atoms with van der Waals surface area (Å²) in [5.74, 6) is -3.30. The molecule has 10 heteroatoms. The van der Waals surface area contributed by atoms with E-state index in [1.807, 2.05) is 32.0 Å². The maximum Gasteiger partial charge on any atom is 0.319 e. The Morgan fingerprint density at radius 2 is 1.94 bits per heavy atom. The normalized spacial score (nSPS) is 17.3. The zero-order chi connectivity index (χ0) is 25.7. The molecule has 35 heavy (non-hydrogen) atoms. The molecule has 2 aromatic carbocycles. The Labute approximate surface area is 216 Å². The summed E-state index contributed by atoms with van der Waals surface area (Å²) in [4.78, 5) is 38.1. The number of amides is 2. The fraction of sp³-hybridized carbons (Fsp3) is 0.280. The number of nitrogens with zero attached hydrogens (tertiary/aromatic N) is 1. The van der Waals surface area contributed by atoms with E-state index in [4.69, 9.17) is 9.47 Å². The molecular weight excluding hydrogens is 534 g/mol. The minimum atomic E-state index is -1.26. The first-order valence-corrected chi connectivity index (χ1v) is 12.3. The third-order valence-corrected chi connectivity index (χ3v) is 7.16. The van der Waals surface area contributed by atoms with Crippen molar-refractivity contribution in [2.75, 3.05) is 25.3 Å². The van der Waals surface area contributed by atoms with E-state index in [9.17, 15) is 19.6 Å². The van der Waals surface area contributed by atoms with Gasteiger partial charge in [-0.05, 0) is 59.1 Å². The Balaban J connectivity index is 1.92. The number of rotatable bonds is 7. The summed E-state index contributed by atoms with van der Waals surface area (Å²) < 4.78 is 10.7. The molecular formula is C25H24BrN3O5S. The molecule has 1 heterocycles. The molecule has 0 saturated carbocycles. The molecule has 1 aliphatic heterocycles. The molecule has 2 aromatic rings. The highest BCUT2D eigenvalue weighted by atomic mass is 79.9. The number of halogens is 1. The number of carbonyl (C=O) groups is 3. The number of methoxy groups -OCH3 is 2. The first-order chi connectivity index (χ1) is 16.7. The fourth-order valence-electron chi connectivity index (χ4n) is 3.83. The maximum absolute atomic E-state index is 13.0. The van der Waals surface area contributed by atoms with Gasteiger partial charge in [-0.1, -0.05) is 35.5 Å². The molecule has 0 radical (unpaired) electrons. The molecule has 3 rings (SSSR count). The third kappa shape index (κ3) is 5.86. The summed E-state index contributed by atoms with van der Waals surface area (Å²) in [7, 11) is 2.71. The second kappa shape index (κ2) is 11.4. The van der Waals surface area contributed by atoms with Gasteiger partial charge in [0, 0.05) is 11.6 Å². The van der Waals surface area contributed by atoms with Gasteiger partial charge >= 0.3 is 5.97 Å². The van der Waals surface area contributed by atoms with Crippen LogP contribution in [0.1, 0.15) is 22.6 Å². The van der Waals surface area contributed by atoms with E-state index in [0.29, 0.717) is 21.5 Å². The summed E-state index contributed by atoms with van der Waals surface area (Å²) in [5.41, 5.74) is 3.42. The largest absolute Gasteiger partial charge is 0.496 e. The number of hydrogen-bond acceptors (Lipinski definition) is 7. The Morgan fingerprint density at radius 3 is 2.54 bits per heavy atom. The molecule has 0 bridgehead atoms. The monoisotopic (exact) mass is 557 g/mol. The Hall–Kier alpha value is -3.29. The van der Waals surface area contributed by atoms with E-state index >= 15 is 0 Å². The van der Waals surface area contributed by atoms with E-state index in [1.165, 1.54) is 14.2 Å². The highest BCUT2D eigenvalue weighted by molar-refractivity contribution is 9.10. The lowest BCUT2D eigenvalue weighted by atomic mass is 9.78. The van der Waals surface area contributed by atoms with Gasteiger partial charge in [0.1, 0.15) is 11.7 Å². The number of thioether (sulfide) groups is 1. The average molecular weight is 558 g/mol. The van der Waals surface area contributed by atoms with Crippen molar-refractivity contribution < 1.29 is 23.9 Å². The number of esters is 1. The number of ether oxygens (including phenoxy) is 2. The standard InChI is InChI=1S/C25H24BrN3O5S/c1-13-5-7-18(14(2)9-13)28-20(30)12-35-24-16(11-27)21(22(23(31)29-24)25(32)34-4)15-6-8-19(33-3)17(26)10-15/h5-10,21-22H,12H2,1-4H3,(H,28,30)(H,29,31)/t21-,22-/m0/s1. The summed E-state index contributed by atoms with van der Waals surface area (Å²) in [6.07, 6.45) is 0. The first-order valence-electron chi connectivity index (χ1n) is 10.6. The quantitative estimate of drug-likeness (QED) is 0.387. The zero-order valence-electron chi connectivity index (χ0n) is 19.6. The van der Waals surface area contributed by atoms with Crippen LogP contribution in [-0.4, -0.2) is 37.8 Å². The number of nitrogens with one attached hydrogen (secondary N) is 2. The van der Waals surface area contributed by atoms with E-state index in [2.05, 4.69) is 32.6 Å². The van der Waals surface area contributed by atoms with Crippen LogP contribution >= 0.6 is 27.7 Å². The van der Waals surface area contributed by atoms with E-state index in [-0.39, 0.29) is 22.3 Å². The first kappa shape index (κ1) is 26.3. The van der Waals surface area contributed by atoms with E-state index in [0.717, 1.165) is 22.9 Å². The van der Waals surface area contributed by atoms with Crippen molar-refractivity contribution >= 4 is 51.2 Å². The van der Waals surface area contributed by atoms with Crippen LogP contribution in [0.15, 0.2) is 51.5 Å². The molecule has 8 nitrogen and oxygen atoms in total. The van der Waals surface area contributed by atoms with Crippen LogP contribution in [-0.2, 0) is 19.1 Å². The van der Waals surface area contributed by atoms with Crippen molar-refractivity contribution in [3.8, 4) is 11.8 Å². The van der Waals surface area contributed by atoms with E-state index in [1.54, 1.807) is 18.2 Å². The van der Waals surface area contributed by atoms with E-state index < -0.39 is 23.7 Å². The minimum Gasteiger partial charge on any atom is -0.496 e. The van der Waals surface area contributed by atoms with Crippen LogP contribution in [0, 0.1) is 31.1 Å². The molecule has 0 spiro atoms. The summed E-state index contributed by atoms with van der Waals surface area (Å²) in [5, 5.41) is 15.7. The van der Waals surface area contributed by atoms with Crippen LogP contribution < -0.4 is 15.4 Å². The summed E-state index contributed by atoms with van der Waals surface area (Å²) >= 11 is 4.44. The lowest BCUT2D eigenvalue weighted by molar-refractivity contribution is -0.150. The lowest BCUT2D eigenvalue weighted by Gasteiger charge is -2.31. The van der Waals surface area contributed by atoms with Gasteiger partial charge in [0.25, 0.3) is 0 Å². The number of nitriles is 1. The van der Waals surface area contributed by atoms with Crippen LogP contribution in [0.25, 0.3) is 0 Å². The highest BCUT2D eigenvalue weighted by Gasteiger charge is 2.44. The van der Waals surface area contributed by atoms with Crippen molar-refractivity contribution in [1.29, 1.82) is 5.26 Å². The van der Waals surface area contributed by atoms with Gasteiger partial charge in [-0.3, -0.25) is 14.4 Å². The van der Waals surface area contributed by atoms with Crippen molar-refractivity contribution in [2.45, 2.75) is 19.8 Å². The van der Waals surface area contributed by atoms with Gasteiger partial charge in [0.15, 0.2) is 0 Å². The van der Waals surface area contributed by atoms with Crippen molar-refractivity contribution in [2.24, 2.45) is 5.92 Å². The highest BCUT2D eigenvalue weighted by Crippen LogP contribution is 2.42. The topological polar surface area (TPSA) is 118 Å². The molecule has 2 amide bonds. The van der Waals surface area contributed by atoms with Gasteiger partial charge in [-0.15, -0.1) is 0 Å². The number of anilines is 1. The number of benzene rings is 2. The minimum absolute atomic E-state index is 0.0456. The molecule has 0 unspecified atom stereocenters. The lowest BCUT2D eigenvalue weighted by Crippen LogP contribution is -2.44. The molecule has 2 N–H and O–H groups in total. The van der Waals surface area contributed by atoms with Gasteiger partial charge in [-0.2, -0.15) is 5.26 Å². The second-order valence-electron chi connectivity index (χ2n) is 7.87. The molecule has 2 atom stereocenters. The van der Waals surface area contributed by atoms with Gasteiger partial charge in [0.2, 0.25) is 11.8 Å². The SMILES string of the molecule is COC(=O)[C@@H]1C(=O)NC(SCC(=O)Nc2ccc(C)cc2C)=C(C#N)[C@@H]1c1ccc(OC)c(Br)c1.